The van der Waals surface area contributed by atoms with Gasteiger partial charge in [-0.2, -0.15) is 0 Å². The molecule has 0 amide bonds. The molecule has 10 rings (SSSR count). The van der Waals surface area contributed by atoms with Crippen LogP contribution < -0.4 is 4.74 Å². The van der Waals surface area contributed by atoms with Gasteiger partial charge in [0.25, 0.3) is 0 Å². The van der Waals surface area contributed by atoms with Crippen LogP contribution in [-0.4, -0.2) is 4.57 Å². The number of aromatic nitrogens is 1. The molecule has 0 aliphatic carbocycles. The van der Waals surface area contributed by atoms with Gasteiger partial charge in [-0.1, -0.05) is 151 Å². The zero-order valence-electron chi connectivity index (χ0n) is 46.4. The fourth-order valence-corrected chi connectivity index (χ4v) is 6.87. The van der Waals surface area contributed by atoms with Crippen LogP contribution in [0, 0.1) is 0 Å². The van der Waals surface area contributed by atoms with Gasteiger partial charge in [-0.15, -0.1) is 0 Å². The van der Waals surface area contributed by atoms with Crippen molar-refractivity contribution in [3.05, 3.63) is 222 Å². The van der Waals surface area contributed by atoms with Crippen molar-refractivity contribution in [3.63, 3.8) is 0 Å². The Balaban J connectivity index is 1.34. The maximum atomic E-state index is 10.1. The Morgan fingerprint density at radius 2 is 1.10 bits per heavy atom. The average Bonchev–Trinajstić information content (AvgIpc) is 3.69. The summed E-state index contributed by atoms with van der Waals surface area (Å²) in [7, 11) is 0. The van der Waals surface area contributed by atoms with Crippen molar-refractivity contribution in [2.75, 3.05) is 0 Å². The molecule has 8 aromatic carbocycles. The lowest BCUT2D eigenvalue weighted by Gasteiger charge is -2.41. The zero-order valence-corrected chi connectivity index (χ0v) is 26.4. The third kappa shape index (κ3) is 4.57. The minimum atomic E-state index is -3.04. The van der Waals surface area contributed by atoms with Gasteiger partial charge in [0.2, 0.25) is 0 Å². The lowest BCUT2D eigenvalue weighted by molar-refractivity contribution is 0.434. The summed E-state index contributed by atoms with van der Waals surface area (Å²) < 4.78 is 191. The van der Waals surface area contributed by atoms with E-state index in [2.05, 4.69) is 0 Å². The van der Waals surface area contributed by atoms with Crippen LogP contribution in [0.2, 0.25) is 0 Å². The fraction of sp³-hybridized carbons (Fsp3) is 0.0204. The van der Waals surface area contributed by atoms with Gasteiger partial charge in [0.1, 0.15) is 11.5 Å². The van der Waals surface area contributed by atoms with Gasteiger partial charge in [0.05, 0.1) is 43.9 Å². The largest absolute Gasteiger partial charge is 0.457 e. The SMILES string of the molecule is [2H]c1cc(C2(c3c([2H])c([2H])c([2H])c([2H])c3[2H])c3c([2H])c([2H])c([2H])c([2H])c3Oc3c([2H])c([2H])c(-c4c([2H])c([2H])c(-c5ccc6c(c5)c5ccccc5n6-c5ccccc5)c([2H])c4[2H])c([2H])c32)c([2H])c([2H])c1[2H]. The van der Waals surface area contributed by atoms with E-state index in [1.54, 1.807) is 18.2 Å². The van der Waals surface area contributed by atoms with E-state index < -0.39 is 171 Å². The first-order valence-electron chi connectivity index (χ1n) is 25.9. The molecule has 0 saturated heterocycles. The van der Waals surface area contributed by atoms with Crippen LogP contribution in [0.1, 0.15) is 49.7 Å². The quantitative estimate of drug-likeness (QED) is 0.178. The Bertz CT molecular complexity index is 3780. The highest BCUT2D eigenvalue weighted by Crippen LogP contribution is 2.55. The molecule has 2 heterocycles. The Morgan fingerprint density at radius 1 is 0.451 bits per heavy atom. The van der Waals surface area contributed by atoms with Gasteiger partial charge in [-0.05, 0) is 81.8 Å². The molecule has 240 valence electrons. The first-order chi connectivity index (χ1) is 33.6. The van der Waals surface area contributed by atoms with Crippen molar-refractivity contribution in [3.8, 4) is 39.4 Å². The molecule has 2 nitrogen and oxygen atoms in total. The summed E-state index contributed by atoms with van der Waals surface area (Å²) in [5.41, 5.74) is -5.07. The van der Waals surface area contributed by atoms with Gasteiger partial charge < -0.3 is 9.30 Å². The second kappa shape index (κ2) is 11.8. The summed E-state index contributed by atoms with van der Waals surface area (Å²) in [5.74, 6) is -1.67. The van der Waals surface area contributed by atoms with Crippen molar-refractivity contribution >= 4 is 21.8 Å². The monoisotopic (exact) mass is 671 g/mol. The molecule has 2 heteroatoms. The molecular formula is C49H33NO. The molecular weight excluding hydrogens is 619 g/mol. The topological polar surface area (TPSA) is 14.2 Å². The van der Waals surface area contributed by atoms with E-state index in [1.165, 1.54) is 0 Å². The number of ether oxygens (including phenoxy) is 1. The minimum Gasteiger partial charge on any atom is -0.457 e. The van der Waals surface area contributed by atoms with Gasteiger partial charge in [-0.25, -0.2) is 0 Å². The predicted molar refractivity (Wildman–Crippen MR) is 210 cm³/mol. The average molecular weight is 672 g/mol. The molecule has 1 aliphatic heterocycles. The first-order valence-corrected chi connectivity index (χ1v) is 15.9. The molecule has 1 unspecified atom stereocenters. The highest BCUT2D eigenvalue weighted by molar-refractivity contribution is 6.10. The molecule has 51 heavy (non-hydrogen) atoms. The van der Waals surface area contributed by atoms with E-state index in [0.29, 0.717) is 0 Å². The Kier molecular flexibility index (Phi) is 3.57. The zero-order chi connectivity index (χ0) is 51.2. The molecule has 1 aromatic heterocycles. The number of nitrogens with zero attached hydrogens (tertiary/aromatic N) is 1. The van der Waals surface area contributed by atoms with E-state index in [-0.39, 0.29) is 11.1 Å². The number of fused-ring (bicyclic) bond motifs is 5. The molecule has 0 N–H and O–H groups in total. The van der Waals surface area contributed by atoms with E-state index in [9.17, 15) is 15.1 Å². The maximum Gasteiger partial charge on any atom is 0.132 e. The standard InChI is InChI=1S/C49H33NO/c1-4-14-38(15-5-1)49(39-16-6-2-7-17-39)43-21-11-13-23-47(43)51-48-31-29-37(33-44(48)49)35-26-24-34(25-27-35)36-28-30-46-42(32-36)41-20-10-12-22-45(41)50(46)40-18-8-3-9-19-40/h1-33H/i1D,2D,4D,5D,6D,7D,11D,13D,14D,15D,16D,21D,23D,24D,25D,26D,27D,29D,31D,33D. The lowest BCUT2D eigenvalue weighted by Crippen LogP contribution is -2.34. The number of hydrogen-bond acceptors (Lipinski definition) is 1. The highest BCUT2D eigenvalue weighted by atomic mass is 16.5. The van der Waals surface area contributed by atoms with Crippen LogP contribution in [0.4, 0.5) is 0 Å². The number of para-hydroxylation sites is 3. The molecule has 0 bridgehead atoms. The van der Waals surface area contributed by atoms with Crippen LogP contribution in [0.15, 0.2) is 200 Å². The van der Waals surface area contributed by atoms with E-state index in [0.717, 1.165) is 33.6 Å². The fourth-order valence-electron chi connectivity index (χ4n) is 6.87. The van der Waals surface area contributed by atoms with E-state index in [4.69, 9.17) is 17.1 Å². The van der Waals surface area contributed by atoms with Gasteiger partial charge in [-0.3, -0.25) is 0 Å². The summed E-state index contributed by atoms with van der Waals surface area (Å²) in [5, 5.41) is 1.55. The van der Waals surface area contributed by atoms with E-state index >= 15 is 0 Å². The highest BCUT2D eigenvalue weighted by Gasteiger charge is 2.45. The summed E-state index contributed by atoms with van der Waals surface area (Å²) in [6.45, 7) is 0. The smallest absolute Gasteiger partial charge is 0.132 e. The van der Waals surface area contributed by atoms with Crippen LogP contribution >= 0.6 is 0 Å². The number of benzene rings is 8. The summed E-state index contributed by atoms with van der Waals surface area (Å²) in [4.78, 5) is 0. The summed E-state index contributed by atoms with van der Waals surface area (Å²) >= 11 is 0. The van der Waals surface area contributed by atoms with Crippen molar-refractivity contribution in [2.24, 2.45) is 0 Å². The van der Waals surface area contributed by atoms with Gasteiger partial charge in [0, 0.05) is 27.6 Å². The summed E-state index contributed by atoms with van der Waals surface area (Å²) in [6.07, 6.45) is 0. The maximum absolute atomic E-state index is 10.1. The molecule has 1 atom stereocenters. The molecule has 0 saturated carbocycles. The Hall–Kier alpha value is -6.64. The molecule has 1 aliphatic rings. The normalized spacial score (nSPS) is 20.4. The van der Waals surface area contributed by atoms with Crippen LogP contribution in [0.5, 0.6) is 11.5 Å². The number of hydrogen-bond donors (Lipinski definition) is 0. The predicted octanol–water partition coefficient (Wildman–Crippen LogP) is 12.6. The minimum absolute atomic E-state index is 0.161. The van der Waals surface area contributed by atoms with Crippen LogP contribution in [0.3, 0.4) is 0 Å². The third-order valence-corrected chi connectivity index (χ3v) is 9.06. The van der Waals surface area contributed by atoms with Crippen molar-refractivity contribution in [1.29, 1.82) is 0 Å². The Morgan fingerprint density at radius 3 is 1.94 bits per heavy atom. The second-order valence-corrected chi connectivity index (χ2v) is 11.8. The van der Waals surface area contributed by atoms with E-state index in [1.807, 2.05) is 59.2 Å². The molecule has 0 radical (unpaired) electrons. The number of rotatable bonds is 5. The van der Waals surface area contributed by atoms with Crippen molar-refractivity contribution in [1.82, 2.24) is 4.57 Å². The molecule has 0 spiro atoms. The van der Waals surface area contributed by atoms with Gasteiger partial charge in [0.15, 0.2) is 0 Å². The second-order valence-electron chi connectivity index (χ2n) is 11.8. The Labute approximate surface area is 325 Å². The molecule has 0 fully saturated rings. The van der Waals surface area contributed by atoms with Crippen LogP contribution in [0.25, 0.3) is 49.7 Å². The lowest BCUT2D eigenvalue weighted by atomic mass is 9.63. The molecule has 9 aromatic rings. The first kappa shape index (κ1) is 15.5. The van der Waals surface area contributed by atoms with Crippen molar-refractivity contribution in [2.45, 2.75) is 5.41 Å². The van der Waals surface area contributed by atoms with Crippen molar-refractivity contribution < 1.29 is 32.2 Å². The van der Waals surface area contributed by atoms with Crippen LogP contribution in [-0.2, 0) is 5.41 Å². The van der Waals surface area contributed by atoms with Gasteiger partial charge >= 0.3 is 0 Å². The summed E-state index contributed by atoms with van der Waals surface area (Å²) in [6, 6.07) is 5.18. The third-order valence-electron chi connectivity index (χ3n) is 9.06.